The number of likely N-dealkylation sites (tertiary alicyclic amines) is 1. The van der Waals surface area contributed by atoms with Gasteiger partial charge in [-0.3, -0.25) is 9.59 Å². The molecule has 108 valence electrons. The van der Waals surface area contributed by atoms with Crippen molar-refractivity contribution in [2.24, 2.45) is 5.92 Å². The molecule has 20 heavy (non-hydrogen) atoms. The zero-order valence-corrected chi connectivity index (χ0v) is 12.5. The van der Waals surface area contributed by atoms with E-state index in [9.17, 15) is 9.59 Å². The van der Waals surface area contributed by atoms with Gasteiger partial charge in [-0.15, -0.1) is 11.8 Å². The molecule has 0 bridgehead atoms. The number of carboxylic acids is 1. The average molecular weight is 314 g/mol. The smallest absolute Gasteiger partial charge is 0.308 e. The highest BCUT2D eigenvalue weighted by Gasteiger charge is 2.27. The highest BCUT2D eigenvalue weighted by molar-refractivity contribution is 8.00. The molecule has 1 amide bonds. The number of rotatable bonds is 4. The number of halogens is 1. The van der Waals surface area contributed by atoms with E-state index in [1.165, 1.54) is 11.8 Å². The van der Waals surface area contributed by atoms with Crippen molar-refractivity contribution in [2.75, 3.05) is 18.8 Å². The highest BCUT2D eigenvalue weighted by atomic mass is 35.5. The molecule has 0 aromatic heterocycles. The molecule has 0 saturated carbocycles. The van der Waals surface area contributed by atoms with Crippen molar-refractivity contribution in [3.8, 4) is 0 Å². The fraction of sp³-hybridized carbons (Fsp3) is 0.429. The predicted molar refractivity (Wildman–Crippen MR) is 79.1 cm³/mol. The van der Waals surface area contributed by atoms with Gasteiger partial charge in [0.25, 0.3) is 0 Å². The maximum Gasteiger partial charge on any atom is 0.308 e. The van der Waals surface area contributed by atoms with Crippen LogP contribution in [0.2, 0.25) is 5.02 Å². The lowest BCUT2D eigenvalue weighted by molar-refractivity contribution is -0.145. The summed E-state index contributed by atoms with van der Waals surface area (Å²) in [4.78, 5) is 25.6. The second-order valence-corrected chi connectivity index (χ2v) is 6.16. The van der Waals surface area contributed by atoms with Crippen LogP contribution in [0.5, 0.6) is 0 Å². The Labute approximate surface area is 127 Å². The van der Waals surface area contributed by atoms with Crippen molar-refractivity contribution in [3.05, 3.63) is 29.3 Å². The molecular weight excluding hydrogens is 298 g/mol. The summed E-state index contributed by atoms with van der Waals surface area (Å²) in [6.45, 7) is 0.961. The van der Waals surface area contributed by atoms with E-state index in [4.69, 9.17) is 16.7 Å². The van der Waals surface area contributed by atoms with E-state index < -0.39 is 11.9 Å². The first kappa shape index (κ1) is 15.2. The topological polar surface area (TPSA) is 57.6 Å². The SMILES string of the molecule is O=C(O)[C@@H]1CCCN(C(=O)CSc2ccccc2Cl)C1. The molecule has 0 spiro atoms. The Hall–Kier alpha value is -1.20. The van der Waals surface area contributed by atoms with Crippen LogP contribution in [0, 0.1) is 5.92 Å². The van der Waals surface area contributed by atoms with Gasteiger partial charge in [-0.05, 0) is 25.0 Å². The van der Waals surface area contributed by atoms with Crippen molar-refractivity contribution in [1.82, 2.24) is 4.90 Å². The molecule has 0 unspecified atom stereocenters. The molecule has 1 atom stereocenters. The number of amides is 1. The number of thioether (sulfide) groups is 1. The quantitative estimate of drug-likeness (QED) is 0.868. The highest BCUT2D eigenvalue weighted by Crippen LogP contribution is 2.27. The molecule has 1 aromatic rings. The second kappa shape index (κ2) is 6.99. The Bertz CT molecular complexity index is 509. The van der Waals surface area contributed by atoms with Gasteiger partial charge in [0.05, 0.1) is 16.7 Å². The van der Waals surface area contributed by atoms with Crippen LogP contribution >= 0.6 is 23.4 Å². The second-order valence-electron chi connectivity index (χ2n) is 4.74. The normalized spacial score (nSPS) is 18.9. The Morgan fingerprint density at radius 1 is 1.40 bits per heavy atom. The van der Waals surface area contributed by atoms with Crippen molar-refractivity contribution in [2.45, 2.75) is 17.7 Å². The van der Waals surface area contributed by atoms with Crippen LogP contribution in [-0.2, 0) is 9.59 Å². The summed E-state index contributed by atoms with van der Waals surface area (Å²) in [5.41, 5.74) is 0. The minimum atomic E-state index is -0.818. The largest absolute Gasteiger partial charge is 0.481 e. The average Bonchev–Trinajstić information content (AvgIpc) is 2.46. The lowest BCUT2D eigenvalue weighted by atomic mass is 9.98. The first-order valence-corrected chi connectivity index (χ1v) is 7.82. The number of carboxylic acid groups (broad SMARTS) is 1. The van der Waals surface area contributed by atoms with E-state index in [2.05, 4.69) is 0 Å². The van der Waals surface area contributed by atoms with Crippen LogP contribution in [0.3, 0.4) is 0 Å². The van der Waals surface area contributed by atoms with Crippen molar-refractivity contribution in [3.63, 3.8) is 0 Å². The fourth-order valence-corrected chi connectivity index (χ4v) is 3.34. The summed E-state index contributed by atoms with van der Waals surface area (Å²) in [7, 11) is 0. The van der Waals surface area contributed by atoms with E-state index in [1.54, 1.807) is 11.0 Å². The minimum absolute atomic E-state index is 0.0270. The van der Waals surface area contributed by atoms with E-state index in [1.807, 2.05) is 18.2 Å². The summed E-state index contributed by atoms with van der Waals surface area (Å²) in [5, 5.41) is 9.65. The van der Waals surface area contributed by atoms with Gasteiger partial charge < -0.3 is 10.0 Å². The third-order valence-electron chi connectivity index (χ3n) is 3.31. The standard InChI is InChI=1S/C14H16ClNO3S/c15-11-5-1-2-6-12(11)20-9-13(17)16-7-3-4-10(8-16)14(18)19/h1-2,5-6,10H,3-4,7-9H2,(H,18,19)/t10-/m1/s1. The lowest BCUT2D eigenvalue weighted by Crippen LogP contribution is -2.43. The number of nitrogens with zero attached hydrogens (tertiary/aromatic N) is 1. The van der Waals surface area contributed by atoms with Crippen molar-refractivity contribution < 1.29 is 14.7 Å². The first-order chi connectivity index (χ1) is 9.58. The van der Waals surface area contributed by atoms with E-state index >= 15 is 0 Å². The molecular formula is C14H16ClNO3S. The first-order valence-electron chi connectivity index (χ1n) is 6.46. The molecule has 0 aliphatic carbocycles. The van der Waals surface area contributed by atoms with Gasteiger partial charge in [0, 0.05) is 18.0 Å². The zero-order chi connectivity index (χ0) is 14.5. The molecule has 1 aromatic carbocycles. The van der Waals surface area contributed by atoms with Gasteiger partial charge in [-0.25, -0.2) is 0 Å². The Morgan fingerprint density at radius 3 is 2.85 bits per heavy atom. The molecule has 4 nitrogen and oxygen atoms in total. The third kappa shape index (κ3) is 3.90. The fourth-order valence-electron chi connectivity index (χ4n) is 2.20. The Balaban J connectivity index is 1.89. The number of carbonyl (C=O) groups is 2. The lowest BCUT2D eigenvalue weighted by Gasteiger charge is -2.30. The van der Waals surface area contributed by atoms with Crippen LogP contribution < -0.4 is 0 Å². The van der Waals surface area contributed by atoms with Gasteiger partial charge in [0.15, 0.2) is 0 Å². The third-order valence-corrected chi connectivity index (χ3v) is 4.81. The zero-order valence-electron chi connectivity index (χ0n) is 10.9. The minimum Gasteiger partial charge on any atom is -0.481 e. The number of aliphatic carboxylic acids is 1. The Kier molecular flexibility index (Phi) is 5.31. The van der Waals surface area contributed by atoms with Crippen LogP contribution in [0.4, 0.5) is 0 Å². The maximum absolute atomic E-state index is 12.1. The summed E-state index contributed by atoms with van der Waals surface area (Å²) in [6.07, 6.45) is 1.40. The van der Waals surface area contributed by atoms with Gasteiger partial charge in [-0.2, -0.15) is 0 Å². The number of piperidine rings is 1. The number of carbonyl (C=O) groups excluding carboxylic acids is 1. The summed E-state index contributed by atoms with van der Waals surface area (Å²) >= 11 is 7.42. The summed E-state index contributed by atoms with van der Waals surface area (Å²) < 4.78 is 0. The van der Waals surface area contributed by atoms with E-state index in [-0.39, 0.29) is 11.7 Å². The van der Waals surface area contributed by atoms with Crippen molar-refractivity contribution >= 4 is 35.2 Å². The van der Waals surface area contributed by atoms with Crippen LogP contribution in [-0.4, -0.2) is 40.7 Å². The summed E-state index contributed by atoms with van der Waals surface area (Å²) in [6, 6.07) is 7.38. The molecule has 6 heteroatoms. The number of hydrogen-bond donors (Lipinski definition) is 1. The van der Waals surface area contributed by atoms with Gasteiger partial charge in [0.2, 0.25) is 5.91 Å². The maximum atomic E-state index is 12.1. The van der Waals surface area contributed by atoms with Crippen molar-refractivity contribution in [1.29, 1.82) is 0 Å². The monoisotopic (exact) mass is 313 g/mol. The molecule has 2 rings (SSSR count). The van der Waals surface area contributed by atoms with Crippen LogP contribution in [0.25, 0.3) is 0 Å². The van der Waals surface area contributed by atoms with Crippen LogP contribution in [0.15, 0.2) is 29.2 Å². The molecule has 0 radical (unpaired) electrons. The van der Waals surface area contributed by atoms with Gasteiger partial charge in [0.1, 0.15) is 0 Å². The van der Waals surface area contributed by atoms with E-state index in [0.717, 1.165) is 11.3 Å². The molecule has 1 fully saturated rings. The predicted octanol–water partition coefficient (Wildman–Crippen LogP) is 2.76. The summed E-state index contributed by atoms with van der Waals surface area (Å²) in [5.74, 6) is -0.990. The van der Waals surface area contributed by atoms with Crippen LogP contribution in [0.1, 0.15) is 12.8 Å². The number of hydrogen-bond acceptors (Lipinski definition) is 3. The Morgan fingerprint density at radius 2 is 2.15 bits per heavy atom. The molecule has 1 aliphatic heterocycles. The molecule has 1 saturated heterocycles. The molecule has 1 aliphatic rings. The molecule has 1 heterocycles. The van der Waals surface area contributed by atoms with Gasteiger partial charge >= 0.3 is 5.97 Å². The number of benzene rings is 1. The molecule has 1 N–H and O–H groups in total. The van der Waals surface area contributed by atoms with E-state index in [0.29, 0.717) is 24.5 Å². The van der Waals surface area contributed by atoms with Gasteiger partial charge in [-0.1, -0.05) is 23.7 Å².